The molecule has 3 aromatic rings. The van der Waals surface area contributed by atoms with E-state index in [0.29, 0.717) is 22.8 Å². The van der Waals surface area contributed by atoms with Crippen LogP contribution in [0.5, 0.6) is 23.0 Å². The smallest absolute Gasteiger partial charge is 0.286 e. The van der Waals surface area contributed by atoms with Crippen molar-refractivity contribution in [3.8, 4) is 23.0 Å². The van der Waals surface area contributed by atoms with Gasteiger partial charge >= 0.3 is 0 Å². The fourth-order valence-corrected chi connectivity index (χ4v) is 3.69. The quantitative estimate of drug-likeness (QED) is 0.344. The highest BCUT2D eigenvalue weighted by Crippen LogP contribution is 2.36. The van der Waals surface area contributed by atoms with Crippen LogP contribution in [-0.2, 0) is 6.61 Å². The van der Waals surface area contributed by atoms with Crippen molar-refractivity contribution in [2.75, 3.05) is 21.3 Å². The van der Waals surface area contributed by atoms with Gasteiger partial charge in [0, 0.05) is 23.1 Å². The van der Waals surface area contributed by atoms with E-state index in [-0.39, 0.29) is 23.7 Å². The van der Waals surface area contributed by atoms with Crippen LogP contribution in [0.4, 0.5) is 5.69 Å². The highest BCUT2D eigenvalue weighted by Gasteiger charge is 2.26. The number of nitrogens with zero attached hydrogens (tertiary/aromatic N) is 2. The zero-order chi connectivity index (χ0) is 24.0. The molecule has 0 saturated carbocycles. The van der Waals surface area contributed by atoms with Gasteiger partial charge in [-0.2, -0.15) is 0 Å². The number of nitrogens with one attached hydrogen (secondary N) is 1. The molecule has 0 radical (unpaired) electrons. The van der Waals surface area contributed by atoms with Gasteiger partial charge in [0.25, 0.3) is 11.6 Å². The summed E-state index contributed by atoms with van der Waals surface area (Å²) >= 11 is 1.41. The van der Waals surface area contributed by atoms with Crippen LogP contribution >= 0.6 is 11.3 Å². The van der Waals surface area contributed by atoms with Crippen molar-refractivity contribution < 1.29 is 28.7 Å². The number of nitro benzene ring substituents is 1. The third-order valence-electron chi connectivity index (χ3n) is 4.84. The average molecular weight is 474 g/mol. The Morgan fingerprint density at radius 3 is 2.48 bits per heavy atom. The van der Waals surface area contributed by atoms with E-state index in [1.165, 1.54) is 44.8 Å². The molecule has 1 heterocycles. The average Bonchev–Trinajstić information content (AvgIpc) is 3.35. The number of hydrogen-bond acceptors (Lipinski definition) is 9. The minimum Gasteiger partial charge on any atom is -0.497 e. The molecule has 1 aromatic heterocycles. The summed E-state index contributed by atoms with van der Waals surface area (Å²) in [5, 5.41) is 16.3. The molecule has 0 aliphatic rings. The topological polar surface area (TPSA) is 122 Å². The molecule has 2 aromatic carbocycles. The molecule has 0 saturated heterocycles. The van der Waals surface area contributed by atoms with Crippen LogP contribution in [0.25, 0.3) is 0 Å². The SMILES string of the molecule is COc1ccc(C(C)NC(=O)c2cc(OC)c(OCc3cscn3)cc2[N+](=O)[O-])c(OC)c1. The molecule has 0 bridgehead atoms. The summed E-state index contributed by atoms with van der Waals surface area (Å²) in [6, 6.07) is 7.15. The number of carbonyl (C=O) groups is 1. The third kappa shape index (κ3) is 5.50. The van der Waals surface area contributed by atoms with Crippen molar-refractivity contribution in [1.29, 1.82) is 0 Å². The van der Waals surface area contributed by atoms with Crippen molar-refractivity contribution in [2.45, 2.75) is 19.6 Å². The first kappa shape index (κ1) is 23.8. The van der Waals surface area contributed by atoms with Crippen LogP contribution in [0.2, 0.25) is 0 Å². The Labute approximate surface area is 194 Å². The third-order valence-corrected chi connectivity index (χ3v) is 5.47. The second-order valence-electron chi connectivity index (χ2n) is 6.85. The number of amides is 1. The van der Waals surface area contributed by atoms with E-state index in [1.54, 1.807) is 36.0 Å². The lowest BCUT2D eigenvalue weighted by Crippen LogP contribution is -2.27. The highest BCUT2D eigenvalue weighted by molar-refractivity contribution is 7.07. The zero-order valence-electron chi connectivity index (χ0n) is 18.5. The lowest BCUT2D eigenvalue weighted by molar-refractivity contribution is -0.385. The molecule has 0 aliphatic heterocycles. The minimum atomic E-state index is -0.642. The van der Waals surface area contributed by atoms with Crippen LogP contribution in [-0.4, -0.2) is 37.1 Å². The fourth-order valence-electron chi connectivity index (χ4n) is 3.14. The van der Waals surface area contributed by atoms with Crippen molar-refractivity contribution in [1.82, 2.24) is 10.3 Å². The van der Waals surface area contributed by atoms with E-state index >= 15 is 0 Å². The molecule has 11 heteroatoms. The van der Waals surface area contributed by atoms with Gasteiger partial charge in [0.05, 0.1) is 49.6 Å². The van der Waals surface area contributed by atoms with Crippen LogP contribution in [0.1, 0.15) is 34.6 Å². The monoisotopic (exact) mass is 473 g/mol. The molecule has 1 unspecified atom stereocenters. The molecular formula is C22H23N3O7S. The molecule has 3 rings (SSSR count). The van der Waals surface area contributed by atoms with Crippen LogP contribution in [0.3, 0.4) is 0 Å². The maximum absolute atomic E-state index is 13.0. The highest BCUT2D eigenvalue weighted by atomic mass is 32.1. The zero-order valence-corrected chi connectivity index (χ0v) is 19.3. The normalized spacial score (nSPS) is 11.4. The standard InChI is InChI=1S/C22H23N3O7S/c1-13(16-6-5-15(29-2)7-19(16)30-3)24-22(26)17-8-20(31-4)21(9-18(17)25(27)28)32-10-14-11-33-12-23-14/h5-9,11-13H,10H2,1-4H3,(H,24,26). The number of aromatic nitrogens is 1. The lowest BCUT2D eigenvalue weighted by Gasteiger charge is -2.18. The number of methoxy groups -OCH3 is 3. The predicted octanol–water partition coefficient (Wildman–Crippen LogP) is 4.15. The molecule has 10 nitrogen and oxygen atoms in total. The van der Waals surface area contributed by atoms with Crippen LogP contribution < -0.4 is 24.3 Å². The number of thiazole rings is 1. The van der Waals surface area contributed by atoms with Crippen molar-refractivity contribution in [3.05, 3.63) is 68.2 Å². The van der Waals surface area contributed by atoms with Crippen molar-refractivity contribution in [3.63, 3.8) is 0 Å². The first-order valence-electron chi connectivity index (χ1n) is 9.77. The van der Waals surface area contributed by atoms with E-state index in [1.807, 2.05) is 0 Å². The molecule has 1 amide bonds. The van der Waals surface area contributed by atoms with E-state index in [2.05, 4.69) is 10.3 Å². The first-order chi connectivity index (χ1) is 15.9. The number of benzene rings is 2. The molecule has 0 fully saturated rings. The Hall–Kier alpha value is -3.86. The molecule has 0 aliphatic carbocycles. The number of carbonyl (C=O) groups excluding carboxylic acids is 1. The second kappa shape index (κ2) is 10.6. The molecular weight excluding hydrogens is 450 g/mol. The van der Waals surface area contributed by atoms with Gasteiger partial charge < -0.3 is 24.3 Å². The Bertz CT molecular complexity index is 1140. The predicted molar refractivity (Wildman–Crippen MR) is 122 cm³/mol. The van der Waals surface area contributed by atoms with E-state index in [4.69, 9.17) is 18.9 Å². The summed E-state index contributed by atoms with van der Waals surface area (Å²) in [6.07, 6.45) is 0. The maximum Gasteiger partial charge on any atom is 0.286 e. The summed E-state index contributed by atoms with van der Waals surface area (Å²) in [4.78, 5) is 28.2. The summed E-state index contributed by atoms with van der Waals surface area (Å²) in [6.45, 7) is 1.85. The van der Waals surface area contributed by atoms with E-state index in [9.17, 15) is 14.9 Å². The van der Waals surface area contributed by atoms with Gasteiger partial charge in [-0.05, 0) is 19.1 Å². The van der Waals surface area contributed by atoms with Gasteiger partial charge in [0.15, 0.2) is 11.5 Å². The largest absolute Gasteiger partial charge is 0.497 e. The second-order valence-corrected chi connectivity index (χ2v) is 7.57. The van der Waals surface area contributed by atoms with Crippen LogP contribution in [0, 0.1) is 10.1 Å². The Morgan fingerprint density at radius 1 is 1.12 bits per heavy atom. The van der Waals surface area contributed by atoms with Crippen LogP contribution in [0.15, 0.2) is 41.2 Å². The van der Waals surface area contributed by atoms with Gasteiger partial charge in [-0.25, -0.2) is 4.98 Å². The Morgan fingerprint density at radius 2 is 1.88 bits per heavy atom. The molecule has 33 heavy (non-hydrogen) atoms. The summed E-state index contributed by atoms with van der Waals surface area (Å²) in [5.41, 5.74) is 2.45. The summed E-state index contributed by atoms with van der Waals surface area (Å²) < 4.78 is 21.5. The van der Waals surface area contributed by atoms with E-state index < -0.39 is 22.6 Å². The van der Waals surface area contributed by atoms with Gasteiger partial charge in [-0.15, -0.1) is 11.3 Å². The Kier molecular flexibility index (Phi) is 7.67. The van der Waals surface area contributed by atoms with Gasteiger partial charge in [-0.1, -0.05) is 0 Å². The number of ether oxygens (including phenoxy) is 4. The fraction of sp³-hybridized carbons (Fsp3) is 0.273. The van der Waals surface area contributed by atoms with Crippen molar-refractivity contribution >= 4 is 22.9 Å². The first-order valence-corrected chi connectivity index (χ1v) is 10.7. The van der Waals surface area contributed by atoms with Crippen molar-refractivity contribution in [2.24, 2.45) is 0 Å². The maximum atomic E-state index is 13.0. The Balaban J connectivity index is 1.87. The van der Waals surface area contributed by atoms with Gasteiger partial charge in [0.2, 0.25) is 0 Å². The minimum absolute atomic E-state index is 0.108. The summed E-state index contributed by atoms with van der Waals surface area (Å²) in [5.74, 6) is 0.800. The number of hydrogen-bond donors (Lipinski definition) is 1. The molecule has 0 spiro atoms. The number of rotatable bonds is 10. The molecule has 1 atom stereocenters. The van der Waals surface area contributed by atoms with E-state index in [0.717, 1.165) is 0 Å². The lowest BCUT2D eigenvalue weighted by atomic mass is 10.1. The molecule has 1 N–H and O–H groups in total. The summed E-state index contributed by atoms with van der Waals surface area (Å²) in [7, 11) is 4.44. The van der Waals surface area contributed by atoms with Gasteiger partial charge in [0.1, 0.15) is 23.7 Å². The molecule has 174 valence electrons. The van der Waals surface area contributed by atoms with Gasteiger partial charge in [-0.3, -0.25) is 14.9 Å². The number of nitro groups is 1.